The molecular weight excluding hydrogens is 681 g/mol. The number of aromatic nitrogens is 4. The summed E-state index contributed by atoms with van der Waals surface area (Å²) in [7, 11) is 0. The first kappa shape index (κ1) is 33.0. The summed E-state index contributed by atoms with van der Waals surface area (Å²) in [4.78, 5) is 19.9. The Hall–Kier alpha value is -7.56. The highest BCUT2D eigenvalue weighted by Gasteiger charge is 2.15. The molecule has 3 heterocycles. The average molecular weight is 715 g/mol. The second kappa shape index (κ2) is 14.3. The van der Waals surface area contributed by atoms with Crippen molar-refractivity contribution in [3.05, 3.63) is 207 Å². The summed E-state index contributed by atoms with van der Waals surface area (Å²) < 4.78 is 0. The third-order valence-corrected chi connectivity index (χ3v) is 10.3. The molecular formula is C52H34N4. The van der Waals surface area contributed by atoms with Crippen molar-refractivity contribution in [1.82, 2.24) is 19.9 Å². The van der Waals surface area contributed by atoms with Crippen molar-refractivity contribution < 1.29 is 0 Å². The Balaban J connectivity index is 1.17. The monoisotopic (exact) mass is 714 g/mol. The molecule has 0 saturated carbocycles. The lowest BCUT2D eigenvalue weighted by Crippen LogP contribution is -1.97. The molecule has 4 heteroatoms. The van der Waals surface area contributed by atoms with Crippen LogP contribution in [0.4, 0.5) is 0 Å². The van der Waals surface area contributed by atoms with Gasteiger partial charge in [0.1, 0.15) is 0 Å². The summed E-state index contributed by atoms with van der Waals surface area (Å²) in [5.41, 5.74) is 13.1. The van der Waals surface area contributed by atoms with E-state index in [2.05, 4.69) is 168 Å². The summed E-state index contributed by atoms with van der Waals surface area (Å²) in [5.74, 6) is 0.660. The van der Waals surface area contributed by atoms with Gasteiger partial charge in [0.15, 0.2) is 5.82 Å². The summed E-state index contributed by atoms with van der Waals surface area (Å²) in [6.07, 6.45) is 3.67. The maximum atomic E-state index is 5.33. The molecule has 56 heavy (non-hydrogen) atoms. The number of benzene rings is 7. The van der Waals surface area contributed by atoms with E-state index in [1.807, 2.05) is 48.8 Å². The van der Waals surface area contributed by atoms with Gasteiger partial charge in [0.25, 0.3) is 0 Å². The van der Waals surface area contributed by atoms with Crippen LogP contribution in [0, 0.1) is 0 Å². The Morgan fingerprint density at radius 3 is 1.27 bits per heavy atom. The molecule has 0 aliphatic rings. The summed E-state index contributed by atoms with van der Waals surface area (Å²) in [6, 6.07) is 68.0. The van der Waals surface area contributed by atoms with Crippen LogP contribution in [-0.4, -0.2) is 19.9 Å². The van der Waals surface area contributed by atoms with E-state index in [-0.39, 0.29) is 0 Å². The molecule has 10 aromatic rings. The molecule has 0 amide bonds. The van der Waals surface area contributed by atoms with Gasteiger partial charge in [-0.05, 0) is 111 Å². The fourth-order valence-electron chi connectivity index (χ4n) is 7.42. The molecule has 0 fully saturated rings. The Morgan fingerprint density at radius 1 is 0.232 bits per heavy atom. The SMILES string of the molecule is c1ccc(-c2ccc(-c3cc(-c4cccc(-c5ccccn5)c4)cc(-c4nc(-c5ccc6ccccc6c5)cc(-c5ccc6ccccc6c5)n4)c3)cc2)nc1. The van der Waals surface area contributed by atoms with E-state index >= 15 is 0 Å². The predicted octanol–water partition coefficient (Wildman–Crippen LogP) is 13.2. The summed E-state index contributed by atoms with van der Waals surface area (Å²) in [5, 5.41) is 4.73. The Labute approximate surface area is 325 Å². The summed E-state index contributed by atoms with van der Waals surface area (Å²) in [6.45, 7) is 0. The number of hydrogen-bond donors (Lipinski definition) is 0. The third-order valence-electron chi connectivity index (χ3n) is 10.3. The van der Waals surface area contributed by atoms with E-state index in [1.165, 1.54) is 21.5 Å². The minimum absolute atomic E-state index is 0.660. The largest absolute Gasteiger partial charge is 0.256 e. The molecule has 4 nitrogen and oxygen atoms in total. The summed E-state index contributed by atoms with van der Waals surface area (Å²) >= 11 is 0. The Morgan fingerprint density at radius 2 is 0.679 bits per heavy atom. The second-order valence-corrected chi connectivity index (χ2v) is 14.0. The first-order chi connectivity index (χ1) is 27.7. The normalized spacial score (nSPS) is 11.2. The average Bonchev–Trinajstić information content (AvgIpc) is 3.29. The van der Waals surface area contributed by atoms with Gasteiger partial charge in [-0.2, -0.15) is 0 Å². The Kier molecular flexibility index (Phi) is 8.47. The number of nitrogens with zero attached hydrogens (tertiary/aromatic N) is 4. The smallest absolute Gasteiger partial charge is 0.160 e. The molecule has 0 radical (unpaired) electrons. The minimum atomic E-state index is 0.660. The zero-order chi connectivity index (χ0) is 37.3. The standard InChI is InChI=1S/C52H34N4/c1-3-12-39-28-43(24-20-35(39)10-1)50-34-51(44-25-21-36-11-2-4-13-40(36)29-44)56-52(55-50)47-32-45(37-18-22-38(23-19-37)48-16-5-7-26-53-48)31-46(33-47)41-14-9-15-42(30-41)49-17-6-8-27-54-49/h1-34H. The predicted molar refractivity (Wildman–Crippen MR) is 231 cm³/mol. The lowest BCUT2D eigenvalue weighted by Gasteiger charge is -2.14. The minimum Gasteiger partial charge on any atom is -0.256 e. The van der Waals surface area contributed by atoms with E-state index < -0.39 is 0 Å². The Bertz CT molecular complexity index is 2910. The molecule has 262 valence electrons. The van der Waals surface area contributed by atoms with Crippen molar-refractivity contribution in [3.63, 3.8) is 0 Å². The topological polar surface area (TPSA) is 51.6 Å². The van der Waals surface area contributed by atoms with Gasteiger partial charge in [-0.15, -0.1) is 0 Å². The number of rotatable bonds is 7. The maximum absolute atomic E-state index is 5.33. The van der Waals surface area contributed by atoms with Crippen LogP contribution < -0.4 is 0 Å². The van der Waals surface area contributed by atoms with Crippen LogP contribution in [0.3, 0.4) is 0 Å². The molecule has 0 saturated heterocycles. The maximum Gasteiger partial charge on any atom is 0.160 e. The molecule has 7 aromatic carbocycles. The van der Waals surface area contributed by atoms with Crippen molar-refractivity contribution in [3.8, 4) is 78.7 Å². The van der Waals surface area contributed by atoms with E-state index in [9.17, 15) is 0 Å². The van der Waals surface area contributed by atoms with E-state index in [0.29, 0.717) is 5.82 Å². The van der Waals surface area contributed by atoms with Crippen molar-refractivity contribution in [1.29, 1.82) is 0 Å². The van der Waals surface area contributed by atoms with E-state index in [1.54, 1.807) is 0 Å². The van der Waals surface area contributed by atoms with Gasteiger partial charge in [0, 0.05) is 40.2 Å². The third kappa shape index (κ3) is 6.61. The first-order valence-corrected chi connectivity index (χ1v) is 18.8. The van der Waals surface area contributed by atoms with Gasteiger partial charge in [-0.3, -0.25) is 9.97 Å². The fraction of sp³-hybridized carbons (Fsp3) is 0. The van der Waals surface area contributed by atoms with Crippen LogP contribution in [0.15, 0.2) is 207 Å². The molecule has 3 aromatic heterocycles. The van der Waals surface area contributed by atoms with Crippen LogP contribution in [0.2, 0.25) is 0 Å². The number of pyridine rings is 2. The van der Waals surface area contributed by atoms with Crippen LogP contribution in [0.5, 0.6) is 0 Å². The van der Waals surface area contributed by atoms with Crippen molar-refractivity contribution >= 4 is 21.5 Å². The lowest BCUT2D eigenvalue weighted by molar-refractivity contribution is 1.18. The molecule has 0 unspecified atom stereocenters. The quantitative estimate of drug-likeness (QED) is 0.165. The second-order valence-electron chi connectivity index (χ2n) is 14.0. The number of fused-ring (bicyclic) bond motifs is 2. The lowest BCUT2D eigenvalue weighted by atomic mass is 9.94. The van der Waals surface area contributed by atoms with Gasteiger partial charge < -0.3 is 0 Å². The van der Waals surface area contributed by atoms with Gasteiger partial charge >= 0.3 is 0 Å². The molecule has 0 bridgehead atoms. The molecule has 10 rings (SSSR count). The molecule has 0 N–H and O–H groups in total. The van der Waals surface area contributed by atoms with Crippen LogP contribution in [0.25, 0.3) is 100 Å². The van der Waals surface area contributed by atoms with Crippen LogP contribution in [-0.2, 0) is 0 Å². The van der Waals surface area contributed by atoms with E-state index in [4.69, 9.17) is 9.97 Å². The molecule has 0 spiro atoms. The van der Waals surface area contributed by atoms with Gasteiger partial charge in [0.05, 0.1) is 22.8 Å². The molecule has 0 aliphatic heterocycles. The zero-order valence-corrected chi connectivity index (χ0v) is 30.4. The van der Waals surface area contributed by atoms with Gasteiger partial charge in [-0.25, -0.2) is 9.97 Å². The van der Waals surface area contributed by atoms with E-state index in [0.717, 1.165) is 72.8 Å². The van der Waals surface area contributed by atoms with Crippen molar-refractivity contribution in [2.75, 3.05) is 0 Å². The molecule has 0 aliphatic carbocycles. The molecule has 0 atom stereocenters. The van der Waals surface area contributed by atoms with Gasteiger partial charge in [0.2, 0.25) is 0 Å². The van der Waals surface area contributed by atoms with Crippen LogP contribution in [0.1, 0.15) is 0 Å². The van der Waals surface area contributed by atoms with Crippen LogP contribution >= 0.6 is 0 Å². The zero-order valence-electron chi connectivity index (χ0n) is 30.4. The highest BCUT2D eigenvalue weighted by atomic mass is 14.9. The first-order valence-electron chi connectivity index (χ1n) is 18.8. The fourth-order valence-corrected chi connectivity index (χ4v) is 7.42. The number of hydrogen-bond acceptors (Lipinski definition) is 4. The highest BCUT2D eigenvalue weighted by Crippen LogP contribution is 2.36. The van der Waals surface area contributed by atoms with Crippen molar-refractivity contribution in [2.24, 2.45) is 0 Å². The highest BCUT2D eigenvalue weighted by molar-refractivity contribution is 5.90. The van der Waals surface area contributed by atoms with Crippen molar-refractivity contribution in [2.45, 2.75) is 0 Å². The van der Waals surface area contributed by atoms with Gasteiger partial charge in [-0.1, -0.05) is 127 Å².